The van der Waals surface area contributed by atoms with Crippen molar-refractivity contribution >= 4 is 17.3 Å². The lowest BCUT2D eigenvalue weighted by Crippen LogP contribution is -1.99. The lowest BCUT2D eigenvalue weighted by molar-refractivity contribution is -0.120. The Hall–Kier alpha value is -1.25. The summed E-state index contributed by atoms with van der Waals surface area (Å²) in [4.78, 5) is 35.1. The van der Waals surface area contributed by atoms with Crippen LogP contribution in [0.4, 0.5) is 0 Å². The molecule has 0 radical (unpaired) electrons. The van der Waals surface area contributed by atoms with Crippen molar-refractivity contribution in [2.75, 3.05) is 0 Å². The van der Waals surface area contributed by atoms with Crippen LogP contribution in [-0.4, -0.2) is 17.3 Å². The van der Waals surface area contributed by atoms with Crippen molar-refractivity contribution in [3.8, 4) is 0 Å². The van der Waals surface area contributed by atoms with Crippen LogP contribution in [0.5, 0.6) is 0 Å². The van der Waals surface area contributed by atoms with Crippen LogP contribution < -0.4 is 0 Å². The van der Waals surface area contributed by atoms with Crippen molar-refractivity contribution < 1.29 is 14.4 Å². The summed E-state index contributed by atoms with van der Waals surface area (Å²) >= 11 is 0. The molecule has 0 fully saturated rings. The summed E-state index contributed by atoms with van der Waals surface area (Å²) in [5.41, 5.74) is 0. The first-order chi connectivity index (χ1) is 15.1. The molecule has 0 aliphatic rings. The summed E-state index contributed by atoms with van der Waals surface area (Å²) in [7, 11) is 0. The van der Waals surface area contributed by atoms with Crippen molar-refractivity contribution in [2.45, 2.75) is 149 Å². The van der Waals surface area contributed by atoms with Gasteiger partial charge in [0.05, 0.1) is 0 Å². The summed E-state index contributed by atoms with van der Waals surface area (Å²) in [6.07, 6.45) is 25.3. The molecule has 0 N–H and O–H groups in total. The lowest BCUT2D eigenvalue weighted by atomic mass is 10.0. The molecule has 0 amide bonds. The van der Waals surface area contributed by atoms with Crippen molar-refractivity contribution in [2.24, 2.45) is 0 Å². The van der Waals surface area contributed by atoms with Crippen molar-refractivity contribution in [3.05, 3.63) is 12.2 Å². The second kappa shape index (κ2) is 23.4. The van der Waals surface area contributed by atoms with Gasteiger partial charge >= 0.3 is 0 Å². The maximum atomic E-state index is 11.9. The maximum absolute atomic E-state index is 11.9. The molecular formula is C28H50O3. The van der Waals surface area contributed by atoms with Gasteiger partial charge in [-0.2, -0.15) is 0 Å². The molecule has 3 heteroatoms. The number of rotatable bonds is 24. The molecule has 0 heterocycles. The molecule has 0 spiro atoms. The van der Waals surface area contributed by atoms with Crippen LogP contribution in [-0.2, 0) is 14.4 Å². The Labute approximate surface area is 192 Å². The molecule has 0 rings (SSSR count). The van der Waals surface area contributed by atoms with E-state index < -0.39 is 0 Å². The lowest BCUT2D eigenvalue weighted by Gasteiger charge is -2.02. The quantitative estimate of drug-likeness (QED) is 0.113. The van der Waals surface area contributed by atoms with Crippen LogP contribution in [0, 0.1) is 0 Å². The second-order valence-corrected chi connectivity index (χ2v) is 9.03. The van der Waals surface area contributed by atoms with Gasteiger partial charge in [0.2, 0.25) is 0 Å². The summed E-state index contributed by atoms with van der Waals surface area (Å²) in [5, 5.41) is 0. The molecule has 0 saturated heterocycles. The highest BCUT2D eigenvalue weighted by molar-refractivity contribution is 5.80. The number of ketones is 3. The zero-order valence-electron chi connectivity index (χ0n) is 20.7. The van der Waals surface area contributed by atoms with Crippen molar-refractivity contribution in [1.29, 1.82) is 0 Å². The average molecular weight is 435 g/mol. The molecule has 0 aliphatic carbocycles. The predicted octanol–water partition coefficient (Wildman–Crippen LogP) is 8.48. The largest absolute Gasteiger partial charge is 0.300 e. The van der Waals surface area contributed by atoms with E-state index in [2.05, 4.69) is 13.0 Å². The Bertz CT molecular complexity index is 479. The van der Waals surface area contributed by atoms with Gasteiger partial charge in [0.1, 0.15) is 17.3 Å². The average Bonchev–Trinajstić information content (AvgIpc) is 2.76. The third kappa shape index (κ3) is 23.2. The van der Waals surface area contributed by atoms with Crippen LogP contribution in [0.3, 0.4) is 0 Å². The molecule has 0 saturated carbocycles. The van der Waals surface area contributed by atoms with Crippen LogP contribution in [0.2, 0.25) is 0 Å². The zero-order chi connectivity index (χ0) is 23.0. The predicted molar refractivity (Wildman–Crippen MR) is 132 cm³/mol. The highest BCUT2D eigenvalue weighted by atomic mass is 16.1. The Morgan fingerprint density at radius 2 is 0.935 bits per heavy atom. The van der Waals surface area contributed by atoms with E-state index in [1.165, 1.54) is 44.9 Å². The maximum Gasteiger partial charge on any atom is 0.136 e. The topological polar surface area (TPSA) is 51.2 Å². The summed E-state index contributed by atoms with van der Waals surface area (Å²) in [6, 6.07) is 0. The first-order valence-electron chi connectivity index (χ1n) is 13.3. The SMILES string of the molecule is CCCCCCCCCC=CCC(=O)CCCCCC(=O)CCCCCCC(=O)CC. The number of carbonyl (C=O) groups is 3. The van der Waals surface area contributed by atoms with E-state index in [0.717, 1.165) is 51.4 Å². The normalized spacial score (nSPS) is 11.3. The number of allylic oxidation sites excluding steroid dienone is 2. The van der Waals surface area contributed by atoms with Crippen molar-refractivity contribution in [3.63, 3.8) is 0 Å². The minimum atomic E-state index is 0.323. The Morgan fingerprint density at radius 1 is 0.484 bits per heavy atom. The molecule has 0 aromatic carbocycles. The molecule has 0 aromatic heterocycles. The molecule has 31 heavy (non-hydrogen) atoms. The highest BCUT2D eigenvalue weighted by Gasteiger charge is 2.04. The van der Waals surface area contributed by atoms with Crippen LogP contribution >= 0.6 is 0 Å². The number of unbranched alkanes of at least 4 members (excludes halogenated alkanes) is 12. The van der Waals surface area contributed by atoms with E-state index in [9.17, 15) is 14.4 Å². The first kappa shape index (κ1) is 29.8. The Morgan fingerprint density at radius 3 is 1.52 bits per heavy atom. The van der Waals surface area contributed by atoms with E-state index in [-0.39, 0.29) is 0 Å². The molecule has 3 nitrogen and oxygen atoms in total. The smallest absolute Gasteiger partial charge is 0.136 e. The van der Waals surface area contributed by atoms with Gasteiger partial charge in [-0.3, -0.25) is 14.4 Å². The molecule has 0 bridgehead atoms. The number of hydrogen-bond donors (Lipinski definition) is 0. The van der Waals surface area contributed by atoms with E-state index >= 15 is 0 Å². The van der Waals surface area contributed by atoms with E-state index in [1.807, 2.05) is 13.0 Å². The van der Waals surface area contributed by atoms with Gasteiger partial charge in [0.25, 0.3) is 0 Å². The molecule has 0 aromatic rings. The molecule has 0 aliphatic heterocycles. The third-order valence-corrected chi connectivity index (χ3v) is 5.95. The Balaban J connectivity index is 3.41. The summed E-state index contributed by atoms with van der Waals surface area (Å²) in [6.45, 7) is 4.16. The fraction of sp³-hybridized carbons (Fsp3) is 0.821. The highest BCUT2D eigenvalue weighted by Crippen LogP contribution is 2.12. The van der Waals surface area contributed by atoms with Gasteiger partial charge in [0.15, 0.2) is 0 Å². The van der Waals surface area contributed by atoms with Gasteiger partial charge in [-0.05, 0) is 38.5 Å². The molecule has 0 atom stereocenters. The minimum absolute atomic E-state index is 0.323. The fourth-order valence-corrected chi connectivity index (χ4v) is 3.77. The molecule has 180 valence electrons. The van der Waals surface area contributed by atoms with Crippen LogP contribution in [0.15, 0.2) is 12.2 Å². The second-order valence-electron chi connectivity index (χ2n) is 9.03. The number of carbonyl (C=O) groups excluding carboxylic acids is 3. The minimum Gasteiger partial charge on any atom is -0.300 e. The monoisotopic (exact) mass is 434 g/mol. The Kier molecular flexibility index (Phi) is 22.5. The summed E-state index contributed by atoms with van der Waals surface area (Å²) in [5.74, 6) is 1.02. The first-order valence-corrected chi connectivity index (χ1v) is 13.3. The van der Waals surface area contributed by atoms with E-state index in [4.69, 9.17) is 0 Å². The van der Waals surface area contributed by atoms with Gasteiger partial charge in [-0.25, -0.2) is 0 Å². The van der Waals surface area contributed by atoms with Gasteiger partial charge in [-0.1, -0.05) is 83.8 Å². The number of hydrogen-bond acceptors (Lipinski definition) is 3. The van der Waals surface area contributed by atoms with E-state index in [0.29, 0.717) is 55.9 Å². The van der Waals surface area contributed by atoms with Crippen LogP contribution in [0.1, 0.15) is 149 Å². The fourth-order valence-electron chi connectivity index (χ4n) is 3.77. The van der Waals surface area contributed by atoms with Crippen LogP contribution in [0.25, 0.3) is 0 Å². The standard InChI is InChI=1S/C28H50O3/c1-3-5-6-7-8-9-10-11-12-17-22-27(30)24-19-15-20-25-28(31)23-18-14-13-16-21-26(29)4-2/h12,17H,3-11,13-16,18-25H2,1-2H3. The van der Waals surface area contributed by atoms with Crippen molar-refractivity contribution in [1.82, 2.24) is 0 Å². The zero-order valence-corrected chi connectivity index (χ0v) is 20.7. The van der Waals surface area contributed by atoms with E-state index in [1.54, 1.807) is 0 Å². The van der Waals surface area contributed by atoms with Gasteiger partial charge in [-0.15, -0.1) is 0 Å². The van der Waals surface area contributed by atoms with Gasteiger partial charge in [0, 0.05) is 38.5 Å². The number of Topliss-reactive ketones (excluding diaryl/α,β-unsaturated/α-hetero) is 3. The summed E-state index contributed by atoms with van der Waals surface area (Å²) < 4.78 is 0. The van der Waals surface area contributed by atoms with Gasteiger partial charge < -0.3 is 0 Å². The molecular weight excluding hydrogens is 384 g/mol. The third-order valence-electron chi connectivity index (χ3n) is 5.95. The molecule has 0 unspecified atom stereocenters.